The zero-order valence-corrected chi connectivity index (χ0v) is 12.4. The smallest absolute Gasteiger partial charge is 0.0731 e. The number of hydrogen-bond donors (Lipinski definition) is 1. The Morgan fingerprint density at radius 2 is 1.89 bits per heavy atom. The molecular weight excluding hydrogens is 238 g/mol. The summed E-state index contributed by atoms with van der Waals surface area (Å²) in [4.78, 5) is 2.62. The zero-order chi connectivity index (χ0) is 13.4. The quantitative estimate of drug-likeness (QED) is 0.792. The van der Waals surface area contributed by atoms with Gasteiger partial charge in [0.25, 0.3) is 0 Å². The molecule has 19 heavy (non-hydrogen) atoms. The minimum atomic E-state index is -0.139. The maximum Gasteiger partial charge on any atom is 0.0731 e. The van der Waals surface area contributed by atoms with Crippen molar-refractivity contribution < 1.29 is 9.84 Å². The van der Waals surface area contributed by atoms with Crippen molar-refractivity contribution in [2.75, 3.05) is 13.2 Å². The third-order valence-electron chi connectivity index (χ3n) is 5.55. The van der Waals surface area contributed by atoms with Crippen molar-refractivity contribution in [1.29, 1.82) is 0 Å². The molecular formula is C16H29NO2. The van der Waals surface area contributed by atoms with Crippen molar-refractivity contribution >= 4 is 0 Å². The number of aliphatic hydroxyl groups is 1. The SMILES string of the molecule is CC1CC(C)C(N2CCOC3CCCCC32)C(O)C1. The van der Waals surface area contributed by atoms with Crippen molar-refractivity contribution in [2.24, 2.45) is 11.8 Å². The summed E-state index contributed by atoms with van der Waals surface area (Å²) in [6, 6.07) is 0.934. The fourth-order valence-corrected chi connectivity index (χ4v) is 4.85. The Kier molecular flexibility index (Phi) is 4.16. The minimum Gasteiger partial charge on any atom is -0.391 e. The fourth-order valence-electron chi connectivity index (χ4n) is 4.85. The van der Waals surface area contributed by atoms with Crippen LogP contribution in [-0.2, 0) is 4.74 Å². The zero-order valence-electron chi connectivity index (χ0n) is 12.4. The van der Waals surface area contributed by atoms with Gasteiger partial charge in [-0.2, -0.15) is 0 Å². The van der Waals surface area contributed by atoms with Crippen LogP contribution >= 0.6 is 0 Å². The average Bonchev–Trinajstić information content (AvgIpc) is 2.38. The number of nitrogens with zero attached hydrogens (tertiary/aromatic N) is 1. The molecule has 2 aliphatic carbocycles. The molecule has 0 aromatic rings. The Morgan fingerprint density at radius 1 is 1.11 bits per heavy atom. The molecule has 110 valence electrons. The van der Waals surface area contributed by atoms with E-state index in [-0.39, 0.29) is 6.10 Å². The van der Waals surface area contributed by atoms with Crippen LogP contribution in [-0.4, -0.2) is 47.4 Å². The third-order valence-corrected chi connectivity index (χ3v) is 5.55. The number of fused-ring (bicyclic) bond motifs is 1. The number of aliphatic hydroxyl groups excluding tert-OH is 1. The molecule has 3 fully saturated rings. The first kappa shape index (κ1) is 13.8. The predicted octanol–water partition coefficient (Wildman–Crippen LogP) is 2.43. The largest absolute Gasteiger partial charge is 0.391 e. The van der Waals surface area contributed by atoms with Crippen molar-refractivity contribution in [3.8, 4) is 0 Å². The molecule has 1 heterocycles. The lowest BCUT2D eigenvalue weighted by atomic mass is 9.75. The molecule has 0 bridgehead atoms. The standard InChI is InChI=1S/C16H29NO2/c1-11-9-12(2)16(14(18)10-11)17-7-8-19-15-6-4-3-5-13(15)17/h11-16,18H,3-10H2,1-2H3. The second kappa shape index (κ2) is 5.71. The molecule has 0 radical (unpaired) electrons. The molecule has 0 aromatic carbocycles. The number of hydrogen-bond acceptors (Lipinski definition) is 3. The van der Waals surface area contributed by atoms with Gasteiger partial charge in [0.05, 0.1) is 18.8 Å². The normalized spacial score (nSPS) is 48.8. The maximum absolute atomic E-state index is 10.6. The van der Waals surface area contributed by atoms with Crippen LogP contribution in [0.3, 0.4) is 0 Å². The second-order valence-corrected chi connectivity index (χ2v) is 7.11. The van der Waals surface area contributed by atoms with Crippen molar-refractivity contribution in [2.45, 2.75) is 76.7 Å². The topological polar surface area (TPSA) is 32.7 Å². The summed E-state index contributed by atoms with van der Waals surface area (Å²) in [5.74, 6) is 1.28. The van der Waals surface area contributed by atoms with E-state index in [1.165, 1.54) is 32.1 Å². The van der Waals surface area contributed by atoms with Crippen LogP contribution in [0.1, 0.15) is 52.4 Å². The van der Waals surface area contributed by atoms with Gasteiger partial charge in [0.15, 0.2) is 0 Å². The summed E-state index contributed by atoms with van der Waals surface area (Å²) >= 11 is 0. The molecule has 1 N–H and O–H groups in total. The fraction of sp³-hybridized carbons (Fsp3) is 1.00. The molecule has 0 spiro atoms. The Labute approximate surface area is 117 Å². The first-order chi connectivity index (χ1) is 9.16. The van der Waals surface area contributed by atoms with Gasteiger partial charge < -0.3 is 9.84 Å². The van der Waals surface area contributed by atoms with Crippen LogP contribution < -0.4 is 0 Å². The van der Waals surface area contributed by atoms with E-state index in [1.807, 2.05) is 0 Å². The van der Waals surface area contributed by atoms with E-state index >= 15 is 0 Å². The first-order valence-corrected chi connectivity index (χ1v) is 8.22. The molecule has 1 saturated heterocycles. The predicted molar refractivity (Wildman–Crippen MR) is 76.1 cm³/mol. The van der Waals surface area contributed by atoms with Crippen molar-refractivity contribution in [3.63, 3.8) is 0 Å². The van der Waals surface area contributed by atoms with Gasteiger partial charge in [-0.3, -0.25) is 4.90 Å². The molecule has 1 aliphatic heterocycles. The summed E-state index contributed by atoms with van der Waals surface area (Å²) in [6.45, 7) is 6.48. The number of morpholine rings is 1. The Morgan fingerprint density at radius 3 is 2.68 bits per heavy atom. The molecule has 3 nitrogen and oxygen atoms in total. The van der Waals surface area contributed by atoms with Gasteiger partial charge in [0.2, 0.25) is 0 Å². The molecule has 6 atom stereocenters. The van der Waals surface area contributed by atoms with Crippen LogP contribution in [0.2, 0.25) is 0 Å². The highest BCUT2D eigenvalue weighted by Gasteiger charge is 2.43. The molecule has 3 heteroatoms. The van der Waals surface area contributed by atoms with E-state index in [1.54, 1.807) is 0 Å². The molecule has 6 unspecified atom stereocenters. The minimum absolute atomic E-state index is 0.139. The summed E-state index contributed by atoms with van der Waals surface area (Å²) < 4.78 is 5.97. The number of rotatable bonds is 1. The first-order valence-electron chi connectivity index (χ1n) is 8.22. The van der Waals surface area contributed by atoms with Gasteiger partial charge >= 0.3 is 0 Å². The molecule has 0 amide bonds. The van der Waals surface area contributed by atoms with E-state index in [0.717, 1.165) is 19.6 Å². The van der Waals surface area contributed by atoms with Gasteiger partial charge in [0, 0.05) is 18.6 Å². The maximum atomic E-state index is 10.6. The van der Waals surface area contributed by atoms with Crippen LogP contribution in [0.4, 0.5) is 0 Å². The van der Waals surface area contributed by atoms with Crippen LogP contribution in [0, 0.1) is 11.8 Å². The monoisotopic (exact) mass is 267 g/mol. The molecule has 3 rings (SSSR count). The lowest BCUT2D eigenvalue weighted by molar-refractivity contribution is -0.137. The van der Waals surface area contributed by atoms with Gasteiger partial charge in [-0.05, 0) is 37.5 Å². The van der Waals surface area contributed by atoms with E-state index in [0.29, 0.717) is 30.0 Å². The highest BCUT2D eigenvalue weighted by atomic mass is 16.5. The second-order valence-electron chi connectivity index (χ2n) is 7.11. The third kappa shape index (κ3) is 2.70. The van der Waals surface area contributed by atoms with Gasteiger partial charge in [-0.25, -0.2) is 0 Å². The average molecular weight is 267 g/mol. The van der Waals surface area contributed by atoms with E-state index < -0.39 is 0 Å². The van der Waals surface area contributed by atoms with E-state index in [4.69, 9.17) is 4.74 Å². The lowest BCUT2D eigenvalue weighted by Gasteiger charge is -2.52. The molecule has 3 aliphatic rings. The Hall–Kier alpha value is -0.120. The Balaban J connectivity index is 1.75. The summed E-state index contributed by atoms with van der Waals surface area (Å²) in [5.41, 5.74) is 0. The highest BCUT2D eigenvalue weighted by Crippen LogP contribution is 2.37. The summed E-state index contributed by atoms with van der Waals surface area (Å²) in [6.07, 6.45) is 7.65. The number of ether oxygens (including phenoxy) is 1. The summed E-state index contributed by atoms with van der Waals surface area (Å²) in [5, 5.41) is 10.6. The van der Waals surface area contributed by atoms with E-state index in [9.17, 15) is 5.11 Å². The summed E-state index contributed by atoms with van der Waals surface area (Å²) in [7, 11) is 0. The van der Waals surface area contributed by atoms with Gasteiger partial charge in [0.1, 0.15) is 0 Å². The van der Waals surface area contributed by atoms with Crippen molar-refractivity contribution in [3.05, 3.63) is 0 Å². The highest BCUT2D eigenvalue weighted by molar-refractivity contribution is 4.97. The van der Waals surface area contributed by atoms with Gasteiger partial charge in [-0.1, -0.05) is 26.7 Å². The van der Waals surface area contributed by atoms with Crippen LogP contribution in [0.25, 0.3) is 0 Å². The van der Waals surface area contributed by atoms with Crippen LogP contribution in [0.5, 0.6) is 0 Å². The molecule has 2 saturated carbocycles. The lowest BCUT2D eigenvalue weighted by Crippen LogP contribution is -2.62. The van der Waals surface area contributed by atoms with Crippen molar-refractivity contribution in [1.82, 2.24) is 4.90 Å². The van der Waals surface area contributed by atoms with Crippen LogP contribution in [0.15, 0.2) is 0 Å². The molecule has 0 aromatic heterocycles. The van der Waals surface area contributed by atoms with E-state index in [2.05, 4.69) is 18.7 Å². The van der Waals surface area contributed by atoms with Gasteiger partial charge in [-0.15, -0.1) is 0 Å². The Bertz CT molecular complexity index is 295.